The number of carbonyl (C=O) groups excluding carboxylic acids is 2. The van der Waals surface area contributed by atoms with E-state index in [2.05, 4.69) is 31.9 Å². The Hall–Kier alpha value is -2.55. The molecular formula is C25H22Br2ClNO5. The van der Waals surface area contributed by atoms with Crippen LogP contribution in [0.15, 0.2) is 60.7 Å². The number of hydrogen-bond donors (Lipinski definition) is 0. The second kappa shape index (κ2) is 13.4. The summed E-state index contributed by atoms with van der Waals surface area (Å²) >= 11 is 12.7. The van der Waals surface area contributed by atoms with Crippen molar-refractivity contribution >= 4 is 60.7 Å². The van der Waals surface area contributed by atoms with Crippen LogP contribution in [0.2, 0.25) is 5.02 Å². The molecule has 0 N–H and O–H groups in total. The summed E-state index contributed by atoms with van der Waals surface area (Å²) in [5.74, 6) is -0.673. The highest BCUT2D eigenvalue weighted by atomic mass is 79.9. The molecule has 9 heteroatoms. The number of alkyl halides is 2. The second-order valence-electron chi connectivity index (χ2n) is 6.68. The third kappa shape index (κ3) is 6.52. The SMILES string of the molecule is CC.O=C(CBr)c1ccc(-c2c(Cl)cc(C(=O)CBr)c(OCc3ccccc3)c2[N+](=O)[O-])cc1. The number of benzene rings is 3. The number of ketones is 2. The first-order valence-corrected chi connectivity index (χ1v) is 13.0. The molecule has 34 heavy (non-hydrogen) atoms. The first-order valence-electron chi connectivity index (χ1n) is 10.3. The predicted molar refractivity (Wildman–Crippen MR) is 142 cm³/mol. The van der Waals surface area contributed by atoms with Gasteiger partial charge in [-0.3, -0.25) is 19.7 Å². The summed E-state index contributed by atoms with van der Waals surface area (Å²) in [5, 5.41) is 12.3. The molecule has 0 bridgehead atoms. The zero-order chi connectivity index (χ0) is 25.3. The van der Waals surface area contributed by atoms with E-state index in [-0.39, 0.29) is 44.9 Å². The Morgan fingerprint density at radius 1 is 0.971 bits per heavy atom. The Morgan fingerprint density at radius 2 is 1.56 bits per heavy atom. The van der Waals surface area contributed by atoms with Crippen LogP contribution < -0.4 is 4.74 Å². The van der Waals surface area contributed by atoms with Gasteiger partial charge in [-0.15, -0.1) is 0 Å². The average molecular weight is 612 g/mol. The molecule has 3 aromatic rings. The standard InChI is InChI=1S/C23H16Br2ClNO5.C2H6/c24-11-19(28)15-6-8-16(9-7-15)21-18(26)10-17(20(29)12-25)23(22(21)27(30)31)32-13-14-4-2-1-3-5-14;1-2/h1-10H,11-13H2;1-2H3. The smallest absolute Gasteiger partial charge is 0.320 e. The van der Waals surface area contributed by atoms with E-state index in [9.17, 15) is 19.7 Å². The van der Waals surface area contributed by atoms with Gasteiger partial charge < -0.3 is 4.74 Å². The molecule has 178 valence electrons. The van der Waals surface area contributed by atoms with Crippen molar-refractivity contribution in [3.8, 4) is 16.9 Å². The van der Waals surface area contributed by atoms with Crippen LogP contribution in [0.1, 0.15) is 40.1 Å². The molecule has 6 nitrogen and oxygen atoms in total. The van der Waals surface area contributed by atoms with Crippen LogP contribution in [-0.2, 0) is 6.61 Å². The minimum atomic E-state index is -0.607. The van der Waals surface area contributed by atoms with E-state index < -0.39 is 16.4 Å². The Balaban J connectivity index is 0.00000199. The van der Waals surface area contributed by atoms with Gasteiger partial charge in [-0.1, -0.05) is 112 Å². The molecule has 3 aromatic carbocycles. The number of rotatable bonds is 9. The van der Waals surface area contributed by atoms with E-state index >= 15 is 0 Å². The molecule has 0 saturated heterocycles. The topological polar surface area (TPSA) is 86.5 Å². The highest BCUT2D eigenvalue weighted by molar-refractivity contribution is 9.09. The molecular weight excluding hydrogens is 590 g/mol. The normalized spacial score (nSPS) is 10.1. The van der Waals surface area contributed by atoms with Crippen LogP contribution in [0.5, 0.6) is 5.75 Å². The molecule has 0 aliphatic rings. The van der Waals surface area contributed by atoms with Crippen molar-refractivity contribution in [3.05, 3.63) is 92.5 Å². The highest BCUT2D eigenvalue weighted by Crippen LogP contribution is 2.45. The molecule has 3 rings (SSSR count). The zero-order valence-corrected chi connectivity index (χ0v) is 22.4. The quantitative estimate of drug-likeness (QED) is 0.107. The molecule has 0 spiro atoms. The van der Waals surface area contributed by atoms with E-state index in [4.69, 9.17) is 16.3 Å². The van der Waals surface area contributed by atoms with Gasteiger partial charge in [-0.05, 0) is 17.2 Å². The molecule has 0 aromatic heterocycles. The Morgan fingerprint density at radius 3 is 2.09 bits per heavy atom. The molecule has 0 heterocycles. The molecule has 0 fully saturated rings. The largest absolute Gasteiger partial charge is 0.481 e. The van der Waals surface area contributed by atoms with Crippen LogP contribution in [0.4, 0.5) is 5.69 Å². The fourth-order valence-corrected chi connectivity index (χ4v) is 4.06. The number of halogens is 3. The zero-order valence-electron chi connectivity index (χ0n) is 18.5. The number of carbonyl (C=O) groups is 2. The van der Waals surface area contributed by atoms with Gasteiger partial charge in [0.2, 0.25) is 5.75 Å². The summed E-state index contributed by atoms with van der Waals surface area (Å²) in [5.41, 5.74) is 1.39. The summed E-state index contributed by atoms with van der Waals surface area (Å²) in [6.07, 6.45) is 0. The predicted octanol–water partition coefficient (Wildman–Crippen LogP) is 7.68. The summed E-state index contributed by atoms with van der Waals surface area (Å²) in [6, 6.07) is 16.8. The molecule has 0 saturated carbocycles. The van der Waals surface area contributed by atoms with Crippen molar-refractivity contribution in [1.29, 1.82) is 0 Å². The lowest BCUT2D eigenvalue weighted by Crippen LogP contribution is -2.09. The third-order valence-electron chi connectivity index (χ3n) is 4.65. The summed E-state index contributed by atoms with van der Waals surface area (Å²) in [4.78, 5) is 36.0. The summed E-state index contributed by atoms with van der Waals surface area (Å²) in [6.45, 7) is 4.03. The second-order valence-corrected chi connectivity index (χ2v) is 8.21. The van der Waals surface area contributed by atoms with E-state index in [1.54, 1.807) is 24.3 Å². The Bertz CT molecular complexity index is 1170. The Labute approximate surface area is 219 Å². The fraction of sp³-hybridized carbons (Fsp3) is 0.200. The lowest BCUT2D eigenvalue weighted by atomic mass is 9.97. The van der Waals surface area contributed by atoms with Gasteiger partial charge in [-0.25, -0.2) is 0 Å². The molecule has 0 aliphatic carbocycles. The van der Waals surface area contributed by atoms with Crippen molar-refractivity contribution in [1.82, 2.24) is 0 Å². The van der Waals surface area contributed by atoms with Gasteiger partial charge >= 0.3 is 5.69 Å². The highest BCUT2D eigenvalue weighted by Gasteiger charge is 2.31. The summed E-state index contributed by atoms with van der Waals surface area (Å²) < 4.78 is 5.83. The van der Waals surface area contributed by atoms with Crippen molar-refractivity contribution < 1.29 is 19.2 Å². The number of Topliss-reactive ketones (excluding diaryl/α,β-unsaturated/α-hetero) is 2. The number of nitro benzene ring substituents is 1. The molecule has 0 radical (unpaired) electrons. The van der Waals surface area contributed by atoms with E-state index in [1.165, 1.54) is 6.07 Å². The minimum Gasteiger partial charge on any atom is -0.481 e. The molecule has 0 atom stereocenters. The van der Waals surface area contributed by atoms with Crippen molar-refractivity contribution in [3.63, 3.8) is 0 Å². The number of ether oxygens (including phenoxy) is 1. The molecule has 0 unspecified atom stereocenters. The van der Waals surface area contributed by atoms with Crippen LogP contribution >= 0.6 is 43.5 Å². The summed E-state index contributed by atoms with van der Waals surface area (Å²) in [7, 11) is 0. The number of hydrogen-bond acceptors (Lipinski definition) is 5. The number of nitro groups is 1. The first kappa shape index (κ1) is 27.7. The Kier molecular flexibility index (Phi) is 10.9. The monoisotopic (exact) mass is 609 g/mol. The minimum absolute atomic E-state index is 0.0179. The number of nitrogens with zero attached hydrogens (tertiary/aromatic N) is 1. The van der Waals surface area contributed by atoms with E-state index in [1.807, 2.05) is 44.2 Å². The maximum atomic E-state index is 12.5. The van der Waals surface area contributed by atoms with Crippen molar-refractivity contribution in [2.24, 2.45) is 0 Å². The van der Waals surface area contributed by atoms with Crippen LogP contribution in [0, 0.1) is 10.1 Å². The van der Waals surface area contributed by atoms with Crippen molar-refractivity contribution in [2.45, 2.75) is 20.5 Å². The first-order chi connectivity index (χ1) is 16.4. The maximum Gasteiger partial charge on any atom is 0.320 e. The van der Waals surface area contributed by atoms with Gasteiger partial charge in [0, 0.05) is 5.56 Å². The lowest BCUT2D eigenvalue weighted by molar-refractivity contribution is -0.385. The van der Waals surface area contributed by atoms with Gasteiger partial charge in [0.05, 0.1) is 31.7 Å². The van der Waals surface area contributed by atoms with Crippen LogP contribution in [0.3, 0.4) is 0 Å². The maximum absolute atomic E-state index is 12.5. The van der Waals surface area contributed by atoms with Gasteiger partial charge in [0.25, 0.3) is 0 Å². The van der Waals surface area contributed by atoms with Gasteiger partial charge in [0.15, 0.2) is 11.6 Å². The van der Waals surface area contributed by atoms with Gasteiger partial charge in [0.1, 0.15) is 6.61 Å². The van der Waals surface area contributed by atoms with E-state index in [0.717, 1.165) is 5.56 Å². The van der Waals surface area contributed by atoms with Gasteiger partial charge in [-0.2, -0.15) is 0 Å². The molecule has 0 aliphatic heterocycles. The van der Waals surface area contributed by atoms with Crippen LogP contribution in [-0.4, -0.2) is 27.1 Å². The fourth-order valence-electron chi connectivity index (χ4n) is 3.12. The third-order valence-corrected chi connectivity index (χ3v) is 5.97. The average Bonchev–Trinajstić information content (AvgIpc) is 2.88. The van der Waals surface area contributed by atoms with E-state index in [0.29, 0.717) is 11.1 Å². The van der Waals surface area contributed by atoms with Crippen LogP contribution in [0.25, 0.3) is 11.1 Å². The molecule has 0 amide bonds. The van der Waals surface area contributed by atoms with Crippen molar-refractivity contribution in [2.75, 3.05) is 10.7 Å². The lowest BCUT2D eigenvalue weighted by Gasteiger charge is -2.15.